The number of amides is 1. The zero-order valence-corrected chi connectivity index (χ0v) is 11.4. The number of carbonyl (C=O) groups excluding carboxylic acids is 1. The molecular weight excluding hydrogens is 254 g/mol. The molecule has 3 rings (SSSR count). The van der Waals surface area contributed by atoms with Crippen LogP contribution in [0.4, 0.5) is 0 Å². The zero-order valence-electron chi connectivity index (χ0n) is 9.76. The van der Waals surface area contributed by atoms with Gasteiger partial charge in [0.1, 0.15) is 4.88 Å². The van der Waals surface area contributed by atoms with Crippen LogP contribution in [0.3, 0.4) is 0 Å². The number of rotatable bonds is 3. The minimum absolute atomic E-state index is 0.163. The Morgan fingerprint density at radius 3 is 3.12 bits per heavy atom. The normalized spacial score (nSPS) is 26.8. The van der Waals surface area contributed by atoms with Crippen molar-refractivity contribution in [1.82, 2.24) is 14.5 Å². The van der Waals surface area contributed by atoms with Crippen LogP contribution in [0.2, 0.25) is 0 Å². The van der Waals surface area contributed by atoms with E-state index in [1.54, 1.807) is 0 Å². The highest BCUT2D eigenvalue weighted by Crippen LogP contribution is 2.38. The molecule has 2 fully saturated rings. The van der Waals surface area contributed by atoms with Gasteiger partial charge in [-0.3, -0.25) is 4.79 Å². The Morgan fingerprint density at radius 1 is 1.59 bits per heavy atom. The van der Waals surface area contributed by atoms with Gasteiger partial charge in [-0.15, -0.1) is 5.10 Å². The van der Waals surface area contributed by atoms with E-state index < -0.39 is 0 Å². The minimum atomic E-state index is 0.163. The quantitative estimate of drug-likeness (QED) is 0.839. The van der Waals surface area contributed by atoms with Crippen molar-refractivity contribution in [2.75, 3.05) is 12.3 Å². The molecule has 4 nitrogen and oxygen atoms in total. The molecule has 0 spiro atoms. The van der Waals surface area contributed by atoms with Crippen LogP contribution < -0.4 is 0 Å². The topological polar surface area (TPSA) is 46.1 Å². The smallest absolute Gasteiger partial charge is 0.267 e. The van der Waals surface area contributed by atoms with Gasteiger partial charge in [0.2, 0.25) is 0 Å². The van der Waals surface area contributed by atoms with E-state index in [0.717, 1.165) is 35.7 Å². The number of nitrogens with zero attached hydrogens (tertiary/aromatic N) is 3. The first-order valence-electron chi connectivity index (χ1n) is 6.03. The van der Waals surface area contributed by atoms with Gasteiger partial charge >= 0.3 is 0 Å². The van der Waals surface area contributed by atoms with E-state index in [9.17, 15) is 4.79 Å². The van der Waals surface area contributed by atoms with E-state index >= 15 is 0 Å². The maximum Gasteiger partial charge on any atom is 0.267 e. The molecule has 0 saturated carbocycles. The number of aryl methyl sites for hydroxylation is 1. The number of likely N-dealkylation sites (tertiary alicyclic amines) is 1. The SMILES string of the molecule is CCCc1nnsc1C(=O)N1CC2CC1CS2. The van der Waals surface area contributed by atoms with Gasteiger partial charge in [0.15, 0.2) is 0 Å². The Hall–Kier alpha value is -0.620. The molecule has 17 heavy (non-hydrogen) atoms. The number of aromatic nitrogens is 2. The first-order valence-corrected chi connectivity index (χ1v) is 7.85. The average Bonchev–Trinajstić information content (AvgIpc) is 3.03. The van der Waals surface area contributed by atoms with Crippen LogP contribution >= 0.6 is 23.3 Å². The number of fused-ring (bicyclic) bond motifs is 2. The lowest BCUT2D eigenvalue weighted by Crippen LogP contribution is -2.39. The van der Waals surface area contributed by atoms with Crippen LogP contribution in [-0.2, 0) is 6.42 Å². The highest BCUT2D eigenvalue weighted by atomic mass is 32.2. The Bertz CT molecular complexity index is 434. The van der Waals surface area contributed by atoms with E-state index in [4.69, 9.17) is 0 Å². The Morgan fingerprint density at radius 2 is 2.47 bits per heavy atom. The summed E-state index contributed by atoms with van der Waals surface area (Å²) in [6.07, 6.45) is 3.04. The molecule has 1 aromatic heterocycles. The molecule has 2 unspecified atom stereocenters. The molecule has 2 aliphatic rings. The first kappa shape index (κ1) is 11.5. The highest BCUT2D eigenvalue weighted by molar-refractivity contribution is 8.00. The van der Waals surface area contributed by atoms with Crippen LogP contribution in [0.5, 0.6) is 0 Å². The third-order valence-electron chi connectivity index (χ3n) is 3.40. The van der Waals surface area contributed by atoms with Crippen LogP contribution in [0.1, 0.15) is 35.1 Å². The molecule has 6 heteroatoms. The van der Waals surface area contributed by atoms with E-state index in [0.29, 0.717) is 11.3 Å². The molecule has 2 saturated heterocycles. The van der Waals surface area contributed by atoms with E-state index in [1.807, 2.05) is 16.7 Å². The lowest BCUT2D eigenvalue weighted by molar-refractivity contribution is 0.0751. The van der Waals surface area contributed by atoms with Crippen molar-refractivity contribution < 1.29 is 4.79 Å². The van der Waals surface area contributed by atoms with Crippen molar-refractivity contribution in [2.24, 2.45) is 0 Å². The van der Waals surface area contributed by atoms with E-state index in [1.165, 1.54) is 18.0 Å². The third kappa shape index (κ3) is 1.97. The molecule has 2 atom stereocenters. The molecule has 0 N–H and O–H groups in total. The van der Waals surface area contributed by atoms with E-state index in [2.05, 4.69) is 16.5 Å². The number of carbonyl (C=O) groups is 1. The molecule has 0 aliphatic carbocycles. The predicted octanol–water partition coefficient (Wildman–Crippen LogP) is 1.82. The standard InChI is InChI=1S/C11H15N3OS2/c1-2-3-9-10(17-13-12-9)11(15)14-5-8-4-7(14)6-16-8/h7-8H,2-6H2,1H3. The van der Waals surface area contributed by atoms with Crippen LogP contribution in [0.15, 0.2) is 0 Å². The van der Waals surface area contributed by atoms with Gasteiger partial charge in [0.05, 0.1) is 5.69 Å². The largest absolute Gasteiger partial charge is 0.333 e. The van der Waals surface area contributed by atoms with Crippen LogP contribution in [-0.4, -0.2) is 44.0 Å². The fraction of sp³-hybridized carbons (Fsp3) is 0.727. The summed E-state index contributed by atoms with van der Waals surface area (Å²) in [4.78, 5) is 15.2. The van der Waals surface area contributed by atoms with Crippen molar-refractivity contribution in [3.05, 3.63) is 10.6 Å². The lowest BCUT2D eigenvalue weighted by atomic mass is 10.2. The molecule has 0 aromatic carbocycles. The first-order chi connectivity index (χ1) is 8.29. The Balaban J connectivity index is 1.79. The zero-order chi connectivity index (χ0) is 11.8. The summed E-state index contributed by atoms with van der Waals surface area (Å²) >= 11 is 3.26. The second-order valence-corrected chi connectivity index (χ2v) is 6.69. The molecular formula is C11H15N3OS2. The van der Waals surface area contributed by atoms with Gasteiger partial charge in [-0.2, -0.15) is 11.8 Å². The molecule has 3 heterocycles. The predicted molar refractivity (Wildman–Crippen MR) is 69.6 cm³/mol. The summed E-state index contributed by atoms with van der Waals surface area (Å²) in [6, 6.07) is 0.453. The van der Waals surface area contributed by atoms with Gasteiger partial charge in [0.25, 0.3) is 5.91 Å². The van der Waals surface area contributed by atoms with Crippen molar-refractivity contribution in [3.8, 4) is 0 Å². The summed E-state index contributed by atoms with van der Waals surface area (Å²) < 4.78 is 3.93. The molecule has 0 radical (unpaired) electrons. The van der Waals surface area contributed by atoms with Crippen LogP contribution in [0.25, 0.3) is 0 Å². The second kappa shape index (κ2) is 4.57. The van der Waals surface area contributed by atoms with Crippen molar-refractivity contribution in [1.29, 1.82) is 0 Å². The van der Waals surface area contributed by atoms with Crippen molar-refractivity contribution in [3.63, 3.8) is 0 Å². The monoisotopic (exact) mass is 269 g/mol. The lowest BCUT2D eigenvalue weighted by Gasteiger charge is -2.26. The molecule has 1 amide bonds. The molecule has 92 valence electrons. The van der Waals surface area contributed by atoms with Gasteiger partial charge in [-0.1, -0.05) is 17.8 Å². The molecule has 2 bridgehead atoms. The van der Waals surface area contributed by atoms with Crippen molar-refractivity contribution in [2.45, 2.75) is 37.5 Å². The van der Waals surface area contributed by atoms with Gasteiger partial charge < -0.3 is 4.90 Å². The second-order valence-electron chi connectivity index (χ2n) is 4.60. The fourth-order valence-corrected chi connectivity index (χ4v) is 4.65. The number of thioether (sulfide) groups is 1. The summed E-state index contributed by atoms with van der Waals surface area (Å²) in [5.74, 6) is 1.27. The molecule has 1 aromatic rings. The summed E-state index contributed by atoms with van der Waals surface area (Å²) in [6.45, 7) is 3.01. The summed E-state index contributed by atoms with van der Waals surface area (Å²) in [7, 11) is 0. The maximum atomic E-state index is 12.4. The Kier molecular flexibility index (Phi) is 3.08. The maximum absolute atomic E-state index is 12.4. The number of hydrogen-bond donors (Lipinski definition) is 0. The number of hydrogen-bond acceptors (Lipinski definition) is 5. The summed E-state index contributed by atoms with van der Waals surface area (Å²) in [5.41, 5.74) is 0.887. The van der Waals surface area contributed by atoms with Crippen molar-refractivity contribution >= 4 is 29.2 Å². The van der Waals surface area contributed by atoms with Crippen LogP contribution in [0, 0.1) is 0 Å². The average molecular weight is 269 g/mol. The fourth-order valence-electron chi connectivity index (χ4n) is 2.55. The van der Waals surface area contributed by atoms with Gasteiger partial charge in [-0.05, 0) is 24.4 Å². The third-order valence-corrected chi connectivity index (χ3v) is 5.54. The minimum Gasteiger partial charge on any atom is -0.333 e. The summed E-state index contributed by atoms with van der Waals surface area (Å²) in [5, 5.41) is 4.74. The highest BCUT2D eigenvalue weighted by Gasteiger charge is 2.42. The molecule has 2 aliphatic heterocycles. The van der Waals surface area contributed by atoms with Gasteiger partial charge in [-0.25, -0.2) is 0 Å². The van der Waals surface area contributed by atoms with Gasteiger partial charge in [0, 0.05) is 23.6 Å². The Labute approximate surface area is 109 Å². The van der Waals surface area contributed by atoms with E-state index in [-0.39, 0.29) is 5.91 Å².